The van der Waals surface area contributed by atoms with Crippen LogP contribution in [0.15, 0.2) is 12.1 Å². The second-order valence-corrected chi connectivity index (χ2v) is 4.60. The highest BCUT2D eigenvalue weighted by Crippen LogP contribution is 2.34. The molecule has 104 valence electrons. The van der Waals surface area contributed by atoms with Gasteiger partial charge in [0.15, 0.2) is 17.3 Å². The Morgan fingerprint density at radius 1 is 1.37 bits per heavy atom. The minimum Gasteiger partial charge on any atom is -0.396 e. The number of benzene rings is 1. The molecule has 0 bridgehead atoms. The summed E-state index contributed by atoms with van der Waals surface area (Å²) in [6, 6.07) is 1.74. The number of aliphatic hydroxyl groups excluding tert-OH is 1. The molecule has 0 unspecified atom stereocenters. The molecule has 1 aliphatic heterocycles. The maximum absolute atomic E-state index is 13.8. The first-order valence-corrected chi connectivity index (χ1v) is 6.02. The zero-order valence-corrected chi connectivity index (χ0v) is 10.2. The van der Waals surface area contributed by atoms with Gasteiger partial charge in [-0.3, -0.25) is 10.1 Å². The van der Waals surface area contributed by atoms with E-state index in [1.807, 2.05) is 0 Å². The van der Waals surface area contributed by atoms with E-state index in [9.17, 15) is 18.9 Å². The smallest absolute Gasteiger partial charge is 0.295 e. The first kappa shape index (κ1) is 13.7. The van der Waals surface area contributed by atoms with E-state index in [2.05, 4.69) is 0 Å². The van der Waals surface area contributed by atoms with E-state index in [1.165, 1.54) is 4.90 Å². The maximum Gasteiger partial charge on any atom is 0.295 e. The summed E-state index contributed by atoms with van der Waals surface area (Å²) in [5, 5.41) is 19.9. The van der Waals surface area contributed by atoms with Gasteiger partial charge >= 0.3 is 0 Å². The van der Waals surface area contributed by atoms with E-state index in [0.717, 1.165) is 12.1 Å². The van der Waals surface area contributed by atoms with E-state index in [0.29, 0.717) is 25.9 Å². The van der Waals surface area contributed by atoms with Crippen molar-refractivity contribution in [3.8, 4) is 0 Å². The van der Waals surface area contributed by atoms with Crippen molar-refractivity contribution in [2.45, 2.75) is 12.8 Å². The quantitative estimate of drug-likeness (QED) is 0.675. The Kier molecular flexibility index (Phi) is 3.94. The topological polar surface area (TPSA) is 66.6 Å². The van der Waals surface area contributed by atoms with E-state index in [-0.39, 0.29) is 18.2 Å². The molecule has 0 aromatic heterocycles. The lowest BCUT2D eigenvalue weighted by molar-refractivity contribution is -0.384. The van der Waals surface area contributed by atoms with Crippen LogP contribution in [0.1, 0.15) is 12.8 Å². The number of piperidine rings is 1. The predicted octanol–water partition coefficient (Wildman–Crippen LogP) is 2.08. The molecule has 5 nitrogen and oxygen atoms in total. The normalized spacial score (nSPS) is 16.7. The summed E-state index contributed by atoms with van der Waals surface area (Å²) in [6.07, 6.45) is 1.20. The van der Waals surface area contributed by atoms with Crippen LogP contribution in [-0.4, -0.2) is 29.7 Å². The Balaban J connectivity index is 2.33. The molecule has 0 spiro atoms. The average Bonchev–Trinajstić information content (AvgIpc) is 2.41. The van der Waals surface area contributed by atoms with Crippen LogP contribution in [-0.2, 0) is 0 Å². The maximum atomic E-state index is 13.8. The lowest BCUT2D eigenvalue weighted by atomic mass is 9.97. The minimum atomic E-state index is -1.18. The lowest BCUT2D eigenvalue weighted by Gasteiger charge is -2.32. The summed E-state index contributed by atoms with van der Waals surface area (Å²) in [5.74, 6) is -2.16. The lowest BCUT2D eigenvalue weighted by Crippen LogP contribution is -2.35. The first-order valence-electron chi connectivity index (χ1n) is 6.02. The SMILES string of the molecule is O=[N+]([O-])c1ccc(F)c(F)c1N1CCC(CO)CC1. The number of anilines is 1. The number of nitrogens with zero attached hydrogens (tertiary/aromatic N) is 2. The Morgan fingerprint density at radius 2 is 2.00 bits per heavy atom. The van der Waals surface area contributed by atoms with Gasteiger partial charge in [0.05, 0.1) is 4.92 Å². The zero-order valence-electron chi connectivity index (χ0n) is 10.2. The Bertz CT molecular complexity index is 488. The van der Waals surface area contributed by atoms with Crippen LogP contribution in [0.2, 0.25) is 0 Å². The predicted molar refractivity (Wildman–Crippen MR) is 65.0 cm³/mol. The monoisotopic (exact) mass is 272 g/mol. The standard InChI is InChI=1S/C12H14F2N2O3/c13-9-1-2-10(16(18)19)12(11(9)14)15-5-3-8(7-17)4-6-15/h1-2,8,17H,3-7H2. The summed E-state index contributed by atoms with van der Waals surface area (Å²) in [7, 11) is 0. The summed E-state index contributed by atoms with van der Waals surface area (Å²) < 4.78 is 27.1. The van der Waals surface area contributed by atoms with E-state index < -0.39 is 22.2 Å². The molecule has 0 amide bonds. The van der Waals surface area contributed by atoms with Crippen molar-refractivity contribution in [3.05, 3.63) is 33.9 Å². The fourth-order valence-electron chi connectivity index (χ4n) is 2.32. The van der Waals surface area contributed by atoms with Gasteiger partial charge in [-0.15, -0.1) is 0 Å². The molecule has 1 saturated heterocycles. The second-order valence-electron chi connectivity index (χ2n) is 4.60. The van der Waals surface area contributed by atoms with Gasteiger partial charge < -0.3 is 10.0 Å². The number of aliphatic hydroxyl groups is 1. The molecule has 0 saturated carbocycles. The minimum absolute atomic E-state index is 0.0432. The number of nitro benzene ring substituents is 1. The zero-order chi connectivity index (χ0) is 14.0. The molecule has 0 aliphatic carbocycles. The van der Waals surface area contributed by atoms with Gasteiger partial charge in [-0.05, 0) is 24.8 Å². The van der Waals surface area contributed by atoms with Crippen LogP contribution in [0.3, 0.4) is 0 Å². The number of nitro groups is 1. The third-order valence-electron chi connectivity index (χ3n) is 3.43. The number of halogens is 2. The van der Waals surface area contributed by atoms with Gasteiger partial charge in [0, 0.05) is 25.8 Å². The summed E-state index contributed by atoms with van der Waals surface area (Å²) in [4.78, 5) is 11.7. The molecule has 2 rings (SSSR count). The van der Waals surface area contributed by atoms with Gasteiger partial charge in [-0.1, -0.05) is 0 Å². The van der Waals surface area contributed by atoms with Gasteiger partial charge in [0.25, 0.3) is 5.69 Å². The van der Waals surface area contributed by atoms with Crippen molar-refractivity contribution in [2.24, 2.45) is 5.92 Å². The molecule has 0 atom stereocenters. The molecule has 1 aliphatic rings. The molecule has 19 heavy (non-hydrogen) atoms. The molecule has 1 fully saturated rings. The van der Waals surface area contributed by atoms with Crippen molar-refractivity contribution in [1.29, 1.82) is 0 Å². The summed E-state index contributed by atoms with van der Waals surface area (Å²) in [6.45, 7) is 0.778. The molecular weight excluding hydrogens is 258 g/mol. The van der Waals surface area contributed by atoms with Gasteiger partial charge in [-0.2, -0.15) is 0 Å². The van der Waals surface area contributed by atoms with E-state index >= 15 is 0 Å². The number of hydrogen-bond acceptors (Lipinski definition) is 4. The van der Waals surface area contributed by atoms with E-state index in [1.54, 1.807) is 0 Å². The Morgan fingerprint density at radius 3 is 2.53 bits per heavy atom. The van der Waals surface area contributed by atoms with Crippen LogP contribution in [0.25, 0.3) is 0 Å². The van der Waals surface area contributed by atoms with Crippen LogP contribution < -0.4 is 4.90 Å². The van der Waals surface area contributed by atoms with Crippen LogP contribution in [0.5, 0.6) is 0 Å². The fourth-order valence-corrected chi connectivity index (χ4v) is 2.32. The summed E-state index contributed by atoms with van der Waals surface area (Å²) in [5.41, 5.74) is -0.720. The Hall–Kier alpha value is -1.76. The van der Waals surface area contributed by atoms with Crippen molar-refractivity contribution >= 4 is 11.4 Å². The second kappa shape index (κ2) is 5.48. The third-order valence-corrected chi connectivity index (χ3v) is 3.43. The first-order chi connectivity index (χ1) is 9.04. The summed E-state index contributed by atoms with van der Waals surface area (Å²) >= 11 is 0. The molecule has 1 heterocycles. The fraction of sp³-hybridized carbons (Fsp3) is 0.500. The molecule has 1 N–H and O–H groups in total. The average molecular weight is 272 g/mol. The highest BCUT2D eigenvalue weighted by atomic mass is 19.2. The van der Waals surface area contributed by atoms with Crippen molar-refractivity contribution < 1.29 is 18.8 Å². The van der Waals surface area contributed by atoms with Crippen LogP contribution in [0, 0.1) is 27.7 Å². The van der Waals surface area contributed by atoms with Gasteiger partial charge in [-0.25, -0.2) is 8.78 Å². The van der Waals surface area contributed by atoms with Gasteiger partial charge in [0.1, 0.15) is 0 Å². The van der Waals surface area contributed by atoms with Crippen molar-refractivity contribution in [2.75, 3.05) is 24.6 Å². The molecule has 1 aromatic rings. The highest BCUT2D eigenvalue weighted by molar-refractivity contribution is 5.64. The van der Waals surface area contributed by atoms with Crippen LogP contribution >= 0.6 is 0 Å². The molecular formula is C12H14F2N2O3. The molecule has 1 aromatic carbocycles. The van der Waals surface area contributed by atoms with Crippen molar-refractivity contribution in [1.82, 2.24) is 0 Å². The number of hydrogen-bond donors (Lipinski definition) is 1. The van der Waals surface area contributed by atoms with Crippen LogP contribution in [0.4, 0.5) is 20.2 Å². The van der Waals surface area contributed by atoms with Gasteiger partial charge in [0.2, 0.25) is 0 Å². The third kappa shape index (κ3) is 2.65. The number of rotatable bonds is 3. The van der Waals surface area contributed by atoms with Crippen molar-refractivity contribution in [3.63, 3.8) is 0 Å². The molecule has 7 heteroatoms. The molecule has 0 radical (unpaired) electrons. The largest absolute Gasteiger partial charge is 0.396 e. The Labute approximate surface area is 108 Å². The van der Waals surface area contributed by atoms with E-state index in [4.69, 9.17) is 5.11 Å². The highest BCUT2D eigenvalue weighted by Gasteiger charge is 2.29.